The topological polar surface area (TPSA) is 66.7 Å². The van der Waals surface area contributed by atoms with E-state index >= 15 is 0 Å². The van der Waals surface area contributed by atoms with Crippen molar-refractivity contribution in [3.8, 4) is 0 Å². The summed E-state index contributed by atoms with van der Waals surface area (Å²) in [5, 5.41) is 9.64. The van der Waals surface area contributed by atoms with Gasteiger partial charge in [0.15, 0.2) is 0 Å². The Kier molecular flexibility index (Phi) is 1.80. The molecule has 0 aromatic carbocycles. The lowest BCUT2D eigenvalue weighted by molar-refractivity contribution is 0.884. The summed E-state index contributed by atoms with van der Waals surface area (Å²) in [6.45, 7) is 4.09. The quantitative estimate of drug-likeness (QED) is 0.569. The summed E-state index contributed by atoms with van der Waals surface area (Å²) < 4.78 is 0. The van der Waals surface area contributed by atoms with Crippen LogP contribution in [-0.4, -0.2) is 16.2 Å². The number of hydrogen-bond acceptors (Lipinski definition) is 3. The Morgan fingerprint density at radius 3 is 2.80 bits per heavy atom. The Morgan fingerprint density at radius 1 is 1.70 bits per heavy atom. The standard InChI is InChI=1S/C6H12N4/c1-4(2)8-6-3-5(7)9-10-6/h3-4H,1-2H3,(H4,7,8,9,10). The summed E-state index contributed by atoms with van der Waals surface area (Å²) in [4.78, 5) is 0. The van der Waals surface area contributed by atoms with Crippen LogP contribution in [0.15, 0.2) is 6.07 Å². The van der Waals surface area contributed by atoms with Crippen molar-refractivity contribution in [1.82, 2.24) is 10.2 Å². The molecule has 56 valence electrons. The van der Waals surface area contributed by atoms with Crippen LogP contribution in [0.4, 0.5) is 11.6 Å². The summed E-state index contributed by atoms with van der Waals surface area (Å²) in [6.07, 6.45) is 0. The molecule has 0 amide bonds. The maximum Gasteiger partial charge on any atom is 0.150 e. The molecule has 4 nitrogen and oxygen atoms in total. The summed E-state index contributed by atoms with van der Waals surface area (Å²) in [7, 11) is 0. The number of nitrogen functional groups attached to an aromatic ring is 1. The van der Waals surface area contributed by atoms with Crippen molar-refractivity contribution < 1.29 is 0 Å². The highest BCUT2D eigenvalue weighted by Crippen LogP contribution is 2.06. The van der Waals surface area contributed by atoms with Crippen LogP contribution in [0.5, 0.6) is 0 Å². The third kappa shape index (κ3) is 1.65. The fourth-order valence-corrected chi connectivity index (χ4v) is 0.706. The van der Waals surface area contributed by atoms with Crippen LogP contribution in [0.3, 0.4) is 0 Å². The molecule has 10 heavy (non-hydrogen) atoms. The first kappa shape index (κ1) is 6.92. The van der Waals surface area contributed by atoms with E-state index in [-0.39, 0.29) is 0 Å². The zero-order chi connectivity index (χ0) is 7.56. The Morgan fingerprint density at radius 2 is 2.40 bits per heavy atom. The molecule has 0 saturated carbocycles. The lowest BCUT2D eigenvalue weighted by Gasteiger charge is -2.03. The van der Waals surface area contributed by atoms with Crippen LogP contribution in [0.2, 0.25) is 0 Å². The Labute approximate surface area is 59.8 Å². The van der Waals surface area contributed by atoms with Gasteiger partial charge in [-0.3, -0.25) is 5.10 Å². The van der Waals surface area contributed by atoms with Gasteiger partial charge in [-0.05, 0) is 13.8 Å². The van der Waals surface area contributed by atoms with Crippen molar-refractivity contribution in [2.24, 2.45) is 0 Å². The molecule has 0 saturated heterocycles. The van der Waals surface area contributed by atoms with Crippen LogP contribution in [0.1, 0.15) is 13.8 Å². The first-order chi connectivity index (χ1) is 4.68. The van der Waals surface area contributed by atoms with Crippen molar-refractivity contribution in [1.29, 1.82) is 0 Å². The molecule has 1 rings (SSSR count). The summed E-state index contributed by atoms with van der Waals surface area (Å²) >= 11 is 0. The zero-order valence-corrected chi connectivity index (χ0v) is 6.18. The van der Waals surface area contributed by atoms with Crippen molar-refractivity contribution in [3.05, 3.63) is 6.07 Å². The van der Waals surface area contributed by atoms with Crippen LogP contribution in [0, 0.1) is 0 Å². The minimum absolute atomic E-state index is 0.391. The molecule has 0 aliphatic carbocycles. The second-order valence-electron chi connectivity index (χ2n) is 2.51. The van der Waals surface area contributed by atoms with Crippen molar-refractivity contribution in [2.75, 3.05) is 11.1 Å². The first-order valence-electron chi connectivity index (χ1n) is 3.26. The van der Waals surface area contributed by atoms with Gasteiger partial charge in [0.2, 0.25) is 0 Å². The predicted molar refractivity (Wildman–Crippen MR) is 41.8 cm³/mol. The monoisotopic (exact) mass is 140 g/mol. The van der Waals surface area contributed by atoms with E-state index in [0.717, 1.165) is 5.82 Å². The molecule has 0 radical (unpaired) electrons. The number of anilines is 2. The molecular formula is C6H12N4. The van der Waals surface area contributed by atoms with Crippen molar-refractivity contribution in [2.45, 2.75) is 19.9 Å². The molecule has 1 heterocycles. The van der Waals surface area contributed by atoms with Gasteiger partial charge in [0.25, 0.3) is 0 Å². The second-order valence-corrected chi connectivity index (χ2v) is 2.51. The van der Waals surface area contributed by atoms with Crippen LogP contribution >= 0.6 is 0 Å². The van der Waals surface area contributed by atoms with E-state index in [4.69, 9.17) is 5.73 Å². The molecule has 0 aliphatic heterocycles. The van der Waals surface area contributed by atoms with Gasteiger partial charge in [0.05, 0.1) is 0 Å². The molecule has 0 atom stereocenters. The average Bonchev–Trinajstić information content (AvgIpc) is 2.13. The second kappa shape index (κ2) is 2.60. The number of aromatic amines is 1. The van der Waals surface area contributed by atoms with E-state index < -0.39 is 0 Å². The van der Waals surface area contributed by atoms with Gasteiger partial charge < -0.3 is 11.1 Å². The number of nitrogens with two attached hydrogens (primary N) is 1. The molecule has 0 aliphatic rings. The summed E-state index contributed by atoms with van der Waals surface area (Å²) in [5.74, 6) is 1.38. The number of H-pyrrole nitrogens is 1. The molecule has 4 heteroatoms. The van der Waals surface area contributed by atoms with E-state index in [2.05, 4.69) is 15.5 Å². The lowest BCUT2D eigenvalue weighted by Crippen LogP contribution is -2.09. The molecule has 0 bridgehead atoms. The number of hydrogen-bond donors (Lipinski definition) is 3. The Hall–Kier alpha value is -1.19. The molecule has 0 spiro atoms. The fraction of sp³-hybridized carbons (Fsp3) is 0.500. The number of nitrogens with zero attached hydrogens (tertiary/aromatic N) is 1. The average molecular weight is 140 g/mol. The first-order valence-corrected chi connectivity index (χ1v) is 3.26. The van der Waals surface area contributed by atoms with Gasteiger partial charge in [-0.25, -0.2) is 0 Å². The minimum atomic E-state index is 0.391. The van der Waals surface area contributed by atoms with Crippen molar-refractivity contribution in [3.63, 3.8) is 0 Å². The molecular weight excluding hydrogens is 128 g/mol. The predicted octanol–water partition coefficient (Wildman–Crippen LogP) is 0.812. The Bertz CT molecular complexity index is 203. The lowest BCUT2D eigenvalue weighted by atomic mass is 10.4. The third-order valence-corrected chi connectivity index (χ3v) is 1.03. The molecule has 0 unspecified atom stereocenters. The smallest absolute Gasteiger partial charge is 0.150 e. The van der Waals surface area contributed by atoms with Gasteiger partial charge in [-0.2, -0.15) is 5.10 Å². The van der Waals surface area contributed by atoms with E-state index in [1.165, 1.54) is 0 Å². The van der Waals surface area contributed by atoms with E-state index in [1.807, 2.05) is 13.8 Å². The van der Waals surface area contributed by atoms with Gasteiger partial charge in [0.1, 0.15) is 11.6 Å². The SMILES string of the molecule is CC(C)Nc1cc(N)[nH]n1. The number of nitrogens with one attached hydrogen (secondary N) is 2. The van der Waals surface area contributed by atoms with Crippen LogP contribution < -0.4 is 11.1 Å². The highest BCUT2D eigenvalue weighted by atomic mass is 15.2. The highest BCUT2D eigenvalue weighted by Gasteiger charge is 1.97. The molecule has 0 fully saturated rings. The maximum atomic E-state index is 5.40. The van der Waals surface area contributed by atoms with Gasteiger partial charge in [-0.15, -0.1) is 0 Å². The number of aromatic nitrogens is 2. The number of rotatable bonds is 2. The normalized spacial score (nSPS) is 10.3. The van der Waals surface area contributed by atoms with Gasteiger partial charge in [0, 0.05) is 12.1 Å². The van der Waals surface area contributed by atoms with E-state index in [1.54, 1.807) is 6.07 Å². The Balaban J connectivity index is 2.58. The largest absolute Gasteiger partial charge is 0.384 e. The van der Waals surface area contributed by atoms with Crippen LogP contribution in [-0.2, 0) is 0 Å². The maximum absolute atomic E-state index is 5.40. The van der Waals surface area contributed by atoms with Gasteiger partial charge in [-0.1, -0.05) is 0 Å². The fourth-order valence-electron chi connectivity index (χ4n) is 0.706. The zero-order valence-electron chi connectivity index (χ0n) is 6.18. The summed E-state index contributed by atoms with van der Waals surface area (Å²) in [6, 6.07) is 2.16. The molecule has 1 aromatic rings. The minimum Gasteiger partial charge on any atom is -0.384 e. The highest BCUT2D eigenvalue weighted by molar-refractivity contribution is 5.44. The van der Waals surface area contributed by atoms with E-state index in [9.17, 15) is 0 Å². The summed E-state index contributed by atoms with van der Waals surface area (Å²) in [5.41, 5.74) is 5.40. The van der Waals surface area contributed by atoms with Crippen LogP contribution in [0.25, 0.3) is 0 Å². The third-order valence-electron chi connectivity index (χ3n) is 1.03. The van der Waals surface area contributed by atoms with Crippen molar-refractivity contribution >= 4 is 11.6 Å². The van der Waals surface area contributed by atoms with Gasteiger partial charge >= 0.3 is 0 Å². The molecule has 1 aromatic heterocycles. The molecule has 4 N–H and O–H groups in total. The van der Waals surface area contributed by atoms with E-state index in [0.29, 0.717) is 11.9 Å².